The van der Waals surface area contributed by atoms with E-state index in [0.717, 1.165) is 11.1 Å². The highest BCUT2D eigenvalue weighted by molar-refractivity contribution is 5.41. The molecule has 2 aliphatic heterocycles. The van der Waals surface area contributed by atoms with Crippen LogP contribution in [0, 0.1) is 6.92 Å². The number of rotatable bonds is 1. The molecule has 86 valence electrons. The Morgan fingerprint density at radius 1 is 1.38 bits per heavy atom. The Hall–Kier alpha value is -1.06. The van der Waals surface area contributed by atoms with Crippen molar-refractivity contribution >= 4 is 0 Å². The van der Waals surface area contributed by atoms with Gasteiger partial charge in [0.15, 0.2) is 0 Å². The summed E-state index contributed by atoms with van der Waals surface area (Å²) in [5.41, 5.74) is 1.97. The van der Waals surface area contributed by atoms with Gasteiger partial charge in [-0.05, 0) is 19.9 Å². The van der Waals surface area contributed by atoms with E-state index >= 15 is 0 Å². The first-order chi connectivity index (χ1) is 7.61. The molecule has 3 atom stereocenters. The molecule has 3 nitrogen and oxygen atoms in total. The summed E-state index contributed by atoms with van der Waals surface area (Å²) in [6.45, 7) is 5.44. The lowest BCUT2D eigenvalue weighted by atomic mass is 9.83. The topological polar surface area (TPSA) is 42.0 Å². The van der Waals surface area contributed by atoms with Crippen molar-refractivity contribution in [1.29, 1.82) is 0 Å². The fraction of sp³-hybridized carbons (Fsp3) is 0.538. The predicted octanol–water partition coefficient (Wildman–Crippen LogP) is 1.97. The molecule has 0 radical (unpaired) electrons. The van der Waals surface area contributed by atoms with Gasteiger partial charge in [0.1, 0.15) is 17.5 Å². The number of hydrogen-bond acceptors (Lipinski definition) is 3. The smallest absolute Gasteiger partial charge is 0.119 e. The number of phenolic OH excluding ortho intramolecular Hbond substituents is 1. The van der Waals surface area contributed by atoms with Crippen molar-refractivity contribution in [3.63, 3.8) is 0 Å². The lowest BCUT2D eigenvalue weighted by Crippen LogP contribution is -2.32. The maximum Gasteiger partial charge on any atom is 0.119 e. The minimum absolute atomic E-state index is 0.135. The summed E-state index contributed by atoms with van der Waals surface area (Å²) < 4.78 is 11.2. The van der Waals surface area contributed by atoms with Crippen LogP contribution in [0.15, 0.2) is 18.2 Å². The minimum atomic E-state index is -0.135. The van der Waals surface area contributed by atoms with E-state index in [1.807, 2.05) is 19.1 Å². The van der Waals surface area contributed by atoms with E-state index in [-0.39, 0.29) is 17.6 Å². The van der Waals surface area contributed by atoms with Crippen molar-refractivity contribution in [3.05, 3.63) is 29.3 Å². The standard InChI is InChI=1S/C13H16O3/c1-8-3-4-11(14)9(5-8)10-6-15-7-12-13(10,2)16-12/h3-5,10,12,14H,6-7H2,1-2H3. The Morgan fingerprint density at radius 3 is 3.00 bits per heavy atom. The third-order valence-electron chi connectivity index (χ3n) is 3.78. The Morgan fingerprint density at radius 2 is 2.19 bits per heavy atom. The third kappa shape index (κ3) is 1.35. The van der Waals surface area contributed by atoms with Crippen LogP contribution in [0.4, 0.5) is 0 Å². The number of benzene rings is 1. The molecule has 2 heterocycles. The monoisotopic (exact) mass is 220 g/mol. The van der Waals surface area contributed by atoms with Gasteiger partial charge in [-0.1, -0.05) is 17.7 Å². The van der Waals surface area contributed by atoms with Crippen LogP contribution in [0.1, 0.15) is 24.0 Å². The Bertz CT molecular complexity index is 429. The number of aryl methyl sites for hydroxylation is 1. The molecule has 1 aromatic rings. The van der Waals surface area contributed by atoms with Gasteiger partial charge in [-0.3, -0.25) is 0 Å². The van der Waals surface area contributed by atoms with E-state index in [9.17, 15) is 5.11 Å². The van der Waals surface area contributed by atoms with Crippen LogP contribution in [-0.4, -0.2) is 30.0 Å². The zero-order chi connectivity index (χ0) is 11.3. The van der Waals surface area contributed by atoms with E-state index in [0.29, 0.717) is 19.0 Å². The maximum absolute atomic E-state index is 9.93. The van der Waals surface area contributed by atoms with Gasteiger partial charge in [0, 0.05) is 11.5 Å². The van der Waals surface area contributed by atoms with Crippen LogP contribution in [0.5, 0.6) is 5.75 Å². The predicted molar refractivity (Wildman–Crippen MR) is 59.7 cm³/mol. The molecular formula is C13H16O3. The van der Waals surface area contributed by atoms with E-state index < -0.39 is 0 Å². The lowest BCUT2D eigenvalue weighted by Gasteiger charge is -2.26. The van der Waals surface area contributed by atoms with Crippen molar-refractivity contribution in [2.75, 3.05) is 13.2 Å². The number of aromatic hydroxyl groups is 1. The van der Waals surface area contributed by atoms with Crippen molar-refractivity contribution in [1.82, 2.24) is 0 Å². The summed E-state index contributed by atoms with van der Waals surface area (Å²) in [6, 6.07) is 5.69. The van der Waals surface area contributed by atoms with Crippen molar-refractivity contribution in [2.45, 2.75) is 31.5 Å². The van der Waals surface area contributed by atoms with Gasteiger partial charge >= 0.3 is 0 Å². The molecule has 2 saturated heterocycles. The van der Waals surface area contributed by atoms with Crippen molar-refractivity contribution < 1.29 is 14.6 Å². The summed E-state index contributed by atoms with van der Waals surface area (Å²) in [7, 11) is 0. The summed E-state index contributed by atoms with van der Waals surface area (Å²) in [5.74, 6) is 0.489. The molecule has 2 fully saturated rings. The van der Waals surface area contributed by atoms with Crippen molar-refractivity contribution in [3.8, 4) is 5.75 Å². The van der Waals surface area contributed by atoms with Gasteiger partial charge in [-0.25, -0.2) is 0 Å². The van der Waals surface area contributed by atoms with Gasteiger partial charge < -0.3 is 14.6 Å². The molecule has 0 aliphatic carbocycles. The third-order valence-corrected chi connectivity index (χ3v) is 3.78. The van der Waals surface area contributed by atoms with Crippen LogP contribution in [-0.2, 0) is 9.47 Å². The van der Waals surface area contributed by atoms with Crippen molar-refractivity contribution in [2.24, 2.45) is 0 Å². The molecule has 0 saturated carbocycles. The Balaban J connectivity index is 1.99. The second kappa shape index (κ2) is 3.22. The van der Waals surface area contributed by atoms with Crippen LogP contribution in [0.3, 0.4) is 0 Å². The van der Waals surface area contributed by atoms with E-state index in [2.05, 4.69) is 6.92 Å². The molecule has 0 aromatic heterocycles. The van der Waals surface area contributed by atoms with Gasteiger partial charge in [-0.15, -0.1) is 0 Å². The number of phenols is 1. The van der Waals surface area contributed by atoms with Crippen LogP contribution < -0.4 is 0 Å². The lowest BCUT2D eigenvalue weighted by molar-refractivity contribution is 0.0829. The zero-order valence-corrected chi connectivity index (χ0v) is 9.56. The van der Waals surface area contributed by atoms with Gasteiger partial charge in [0.2, 0.25) is 0 Å². The van der Waals surface area contributed by atoms with E-state index in [1.54, 1.807) is 6.07 Å². The minimum Gasteiger partial charge on any atom is -0.508 e. The second-order valence-corrected chi connectivity index (χ2v) is 4.94. The summed E-state index contributed by atoms with van der Waals surface area (Å²) >= 11 is 0. The molecule has 3 heteroatoms. The first-order valence-electron chi connectivity index (χ1n) is 5.66. The molecule has 0 spiro atoms. The van der Waals surface area contributed by atoms with Gasteiger partial charge in [0.05, 0.1) is 13.2 Å². The van der Waals surface area contributed by atoms with Crippen LogP contribution in [0.25, 0.3) is 0 Å². The molecule has 0 amide bonds. The number of epoxide rings is 1. The highest BCUT2D eigenvalue weighted by atomic mass is 16.6. The average Bonchev–Trinajstić information content (AvgIpc) is 2.93. The van der Waals surface area contributed by atoms with Crippen LogP contribution in [0.2, 0.25) is 0 Å². The first kappa shape index (κ1) is 10.1. The number of fused-ring (bicyclic) bond motifs is 1. The van der Waals surface area contributed by atoms with E-state index in [4.69, 9.17) is 9.47 Å². The molecule has 1 N–H and O–H groups in total. The molecule has 1 aromatic carbocycles. The fourth-order valence-corrected chi connectivity index (χ4v) is 2.59. The molecular weight excluding hydrogens is 204 g/mol. The SMILES string of the molecule is Cc1ccc(O)c(C2COCC3OC32C)c1. The largest absolute Gasteiger partial charge is 0.508 e. The highest BCUT2D eigenvalue weighted by Crippen LogP contribution is 2.52. The summed E-state index contributed by atoms with van der Waals surface area (Å²) in [4.78, 5) is 0. The summed E-state index contributed by atoms with van der Waals surface area (Å²) in [6.07, 6.45) is 0.200. The molecule has 16 heavy (non-hydrogen) atoms. The first-order valence-corrected chi connectivity index (χ1v) is 5.66. The Labute approximate surface area is 95.0 Å². The average molecular weight is 220 g/mol. The molecule has 3 rings (SSSR count). The van der Waals surface area contributed by atoms with Crippen LogP contribution >= 0.6 is 0 Å². The molecule has 3 unspecified atom stereocenters. The quantitative estimate of drug-likeness (QED) is 0.736. The second-order valence-electron chi connectivity index (χ2n) is 4.94. The normalized spacial score (nSPS) is 36.9. The Kier molecular flexibility index (Phi) is 2.03. The molecule has 0 bridgehead atoms. The van der Waals surface area contributed by atoms with E-state index in [1.165, 1.54) is 0 Å². The maximum atomic E-state index is 9.93. The van der Waals surface area contributed by atoms with Gasteiger partial charge in [0.25, 0.3) is 0 Å². The fourth-order valence-electron chi connectivity index (χ4n) is 2.59. The highest BCUT2D eigenvalue weighted by Gasteiger charge is 2.60. The number of ether oxygens (including phenoxy) is 2. The molecule has 2 aliphatic rings. The number of hydrogen-bond donors (Lipinski definition) is 1. The zero-order valence-electron chi connectivity index (χ0n) is 9.56. The summed E-state index contributed by atoms with van der Waals surface area (Å²) in [5, 5.41) is 9.93. The van der Waals surface area contributed by atoms with Gasteiger partial charge in [-0.2, -0.15) is 0 Å².